The molecule has 0 bridgehead atoms. The lowest BCUT2D eigenvalue weighted by molar-refractivity contribution is -0.385. The predicted molar refractivity (Wildman–Crippen MR) is 111 cm³/mol. The van der Waals surface area contributed by atoms with E-state index in [1.807, 2.05) is 6.07 Å². The maximum absolute atomic E-state index is 12.0. The van der Waals surface area contributed by atoms with Crippen LogP contribution in [-0.2, 0) is 16.4 Å². The fourth-order valence-corrected chi connectivity index (χ4v) is 3.58. The third-order valence-corrected chi connectivity index (χ3v) is 5.31. The highest BCUT2D eigenvalue weighted by molar-refractivity contribution is 7.90. The summed E-state index contributed by atoms with van der Waals surface area (Å²) in [6.45, 7) is 0.295. The van der Waals surface area contributed by atoms with Crippen molar-refractivity contribution in [2.45, 2.75) is 11.5 Å². The van der Waals surface area contributed by atoms with Crippen LogP contribution in [0, 0.1) is 21.4 Å². The number of sulfone groups is 1. The molecule has 9 heteroatoms. The Kier molecular flexibility index (Phi) is 5.99. The van der Waals surface area contributed by atoms with Crippen LogP contribution in [0.3, 0.4) is 0 Å². The average molecular weight is 423 g/mol. The molecule has 0 aliphatic rings. The molecule has 3 rings (SSSR count). The Morgan fingerprint density at radius 2 is 1.83 bits per heavy atom. The van der Waals surface area contributed by atoms with E-state index < -0.39 is 14.8 Å². The number of nitrogens with one attached hydrogen (secondary N) is 1. The van der Waals surface area contributed by atoms with Crippen molar-refractivity contribution in [2.75, 3.05) is 11.6 Å². The van der Waals surface area contributed by atoms with Crippen LogP contribution in [0.25, 0.3) is 0 Å². The van der Waals surface area contributed by atoms with Crippen molar-refractivity contribution in [1.29, 1.82) is 5.26 Å². The van der Waals surface area contributed by atoms with Gasteiger partial charge in [0, 0.05) is 24.1 Å². The summed E-state index contributed by atoms with van der Waals surface area (Å²) in [5.74, 6) is 0.593. The molecule has 0 heterocycles. The van der Waals surface area contributed by atoms with E-state index in [1.54, 1.807) is 42.5 Å². The second-order valence-electron chi connectivity index (χ2n) is 6.46. The van der Waals surface area contributed by atoms with Gasteiger partial charge in [0.2, 0.25) is 0 Å². The highest BCUT2D eigenvalue weighted by Gasteiger charge is 2.18. The summed E-state index contributed by atoms with van der Waals surface area (Å²) in [4.78, 5) is 10.1. The first-order valence-corrected chi connectivity index (χ1v) is 10.6. The number of rotatable bonds is 7. The van der Waals surface area contributed by atoms with Crippen LogP contribution in [-0.4, -0.2) is 19.6 Å². The molecule has 0 radical (unpaired) electrons. The summed E-state index contributed by atoms with van der Waals surface area (Å²) in [6.07, 6.45) is 0.996. The minimum Gasteiger partial charge on any atom is -0.489 e. The summed E-state index contributed by atoms with van der Waals surface area (Å²) >= 11 is 0. The lowest BCUT2D eigenvalue weighted by Gasteiger charge is -2.12. The largest absolute Gasteiger partial charge is 0.489 e. The first-order chi connectivity index (χ1) is 14.3. The molecule has 8 nitrogen and oxygen atoms in total. The summed E-state index contributed by atoms with van der Waals surface area (Å²) in [7, 11) is -3.68. The number of anilines is 2. The van der Waals surface area contributed by atoms with Gasteiger partial charge in [-0.3, -0.25) is 10.1 Å². The van der Waals surface area contributed by atoms with Crippen molar-refractivity contribution < 1.29 is 18.1 Å². The molecule has 3 aromatic carbocycles. The number of nitro benzene ring substituents is 1. The number of ether oxygens (including phenoxy) is 1. The van der Waals surface area contributed by atoms with Gasteiger partial charge in [-0.2, -0.15) is 5.26 Å². The Labute approximate surface area is 173 Å². The second-order valence-corrected chi connectivity index (χ2v) is 8.44. The lowest BCUT2D eigenvalue weighted by Crippen LogP contribution is -2.04. The molecule has 0 unspecified atom stereocenters. The van der Waals surface area contributed by atoms with E-state index in [2.05, 4.69) is 11.4 Å². The third kappa shape index (κ3) is 5.12. The molecular weight excluding hydrogens is 406 g/mol. The minimum absolute atomic E-state index is 0.158. The van der Waals surface area contributed by atoms with Gasteiger partial charge < -0.3 is 10.1 Å². The summed E-state index contributed by atoms with van der Waals surface area (Å²) in [5.41, 5.74) is 1.95. The summed E-state index contributed by atoms with van der Waals surface area (Å²) in [6, 6.07) is 19.6. The first kappa shape index (κ1) is 20.8. The normalized spacial score (nSPS) is 10.8. The number of nitriles is 1. The first-order valence-electron chi connectivity index (χ1n) is 8.74. The smallest absolute Gasteiger partial charge is 0.270 e. The van der Waals surface area contributed by atoms with E-state index in [-0.39, 0.29) is 16.3 Å². The zero-order valence-corrected chi connectivity index (χ0v) is 16.7. The van der Waals surface area contributed by atoms with E-state index in [9.17, 15) is 18.5 Å². The molecule has 0 saturated carbocycles. The van der Waals surface area contributed by atoms with Crippen molar-refractivity contribution in [1.82, 2.24) is 0 Å². The fraction of sp³-hybridized carbons (Fsp3) is 0.0952. The van der Waals surface area contributed by atoms with Gasteiger partial charge >= 0.3 is 0 Å². The highest BCUT2D eigenvalue weighted by Crippen LogP contribution is 2.29. The molecule has 0 saturated heterocycles. The Bertz CT molecular complexity index is 1230. The number of non-ortho nitro benzene ring substituents is 1. The van der Waals surface area contributed by atoms with Gasteiger partial charge in [0.05, 0.1) is 27.1 Å². The number of hydrogen-bond donors (Lipinski definition) is 1. The minimum atomic E-state index is -3.68. The summed E-state index contributed by atoms with van der Waals surface area (Å²) in [5, 5.41) is 22.9. The Hall–Kier alpha value is -3.90. The van der Waals surface area contributed by atoms with Crippen LogP contribution >= 0.6 is 0 Å². The Morgan fingerprint density at radius 3 is 2.47 bits per heavy atom. The quantitative estimate of drug-likeness (QED) is 0.446. The molecule has 0 amide bonds. The topological polar surface area (TPSA) is 122 Å². The van der Waals surface area contributed by atoms with Crippen molar-refractivity contribution in [2.24, 2.45) is 0 Å². The Balaban J connectivity index is 1.74. The molecular formula is C21H17N3O5S. The summed E-state index contributed by atoms with van der Waals surface area (Å²) < 4.78 is 29.8. The van der Waals surface area contributed by atoms with Gasteiger partial charge in [0.25, 0.3) is 5.69 Å². The maximum atomic E-state index is 12.0. The Morgan fingerprint density at radius 1 is 1.10 bits per heavy atom. The number of hydrogen-bond acceptors (Lipinski definition) is 7. The standard InChI is InChI=1S/C21H17N3O5S/c1-30(27,28)21-12-18(24(25)26)7-10-20(21)23-17-5-8-19(9-6-17)29-14-16-4-2-3-15(11-16)13-22/h2-12,23H,14H2,1H3. The molecule has 0 spiro atoms. The van der Waals surface area contributed by atoms with Crippen LogP contribution in [0.2, 0.25) is 0 Å². The molecule has 30 heavy (non-hydrogen) atoms. The molecule has 152 valence electrons. The van der Waals surface area contributed by atoms with E-state index in [1.165, 1.54) is 12.1 Å². The van der Waals surface area contributed by atoms with Crippen molar-refractivity contribution in [3.8, 4) is 11.8 Å². The highest BCUT2D eigenvalue weighted by atomic mass is 32.2. The van der Waals surface area contributed by atoms with Crippen molar-refractivity contribution >= 4 is 26.9 Å². The molecule has 0 aliphatic heterocycles. The zero-order valence-electron chi connectivity index (χ0n) is 15.9. The van der Waals surface area contributed by atoms with Crippen LogP contribution in [0.15, 0.2) is 71.6 Å². The van der Waals surface area contributed by atoms with Gasteiger partial charge in [0.1, 0.15) is 12.4 Å². The monoisotopic (exact) mass is 423 g/mol. The predicted octanol–water partition coefficient (Wildman–Crippen LogP) is 4.19. The van der Waals surface area contributed by atoms with Gasteiger partial charge in [0.15, 0.2) is 9.84 Å². The van der Waals surface area contributed by atoms with Gasteiger partial charge in [-0.1, -0.05) is 12.1 Å². The van der Waals surface area contributed by atoms with Crippen LogP contribution < -0.4 is 10.1 Å². The SMILES string of the molecule is CS(=O)(=O)c1cc([N+](=O)[O-])ccc1Nc1ccc(OCc2cccc(C#N)c2)cc1. The molecule has 0 aliphatic carbocycles. The van der Waals surface area contributed by atoms with Gasteiger partial charge in [-0.15, -0.1) is 0 Å². The van der Waals surface area contributed by atoms with Crippen molar-refractivity contribution in [3.63, 3.8) is 0 Å². The fourth-order valence-electron chi connectivity index (χ4n) is 2.72. The van der Waals surface area contributed by atoms with E-state index >= 15 is 0 Å². The number of nitro groups is 1. The molecule has 3 aromatic rings. The van der Waals surface area contributed by atoms with Gasteiger partial charge in [-0.25, -0.2) is 8.42 Å². The maximum Gasteiger partial charge on any atom is 0.270 e. The number of nitrogens with zero attached hydrogens (tertiary/aromatic N) is 2. The second kappa shape index (κ2) is 8.63. The van der Waals surface area contributed by atoms with Gasteiger partial charge in [-0.05, 0) is 48.0 Å². The average Bonchev–Trinajstić information content (AvgIpc) is 2.72. The molecule has 0 atom stereocenters. The van der Waals surface area contributed by atoms with Crippen LogP contribution in [0.5, 0.6) is 5.75 Å². The number of benzene rings is 3. The van der Waals surface area contributed by atoms with E-state index in [0.29, 0.717) is 23.6 Å². The lowest BCUT2D eigenvalue weighted by atomic mass is 10.1. The van der Waals surface area contributed by atoms with Crippen LogP contribution in [0.4, 0.5) is 17.1 Å². The third-order valence-electron chi connectivity index (χ3n) is 4.17. The van der Waals surface area contributed by atoms with Crippen LogP contribution in [0.1, 0.15) is 11.1 Å². The molecule has 1 N–H and O–H groups in total. The zero-order chi connectivity index (χ0) is 21.7. The molecule has 0 fully saturated rings. The molecule has 0 aromatic heterocycles. The van der Waals surface area contributed by atoms with Crippen molar-refractivity contribution in [3.05, 3.63) is 88.0 Å². The van der Waals surface area contributed by atoms with E-state index in [4.69, 9.17) is 10.00 Å². The van der Waals surface area contributed by atoms with E-state index in [0.717, 1.165) is 17.9 Å².